The van der Waals surface area contributed by atoms with Crippen LogP contribution in [0.2, 0.25) is 0 Å². The molecule has 0 spiro atoms. The molecule has 0 radical (unpaired) electrons. The van der Waals surface area contributed by atoms with Gasteiger partial charge in [0, 0.05) is 38.8 Å². The van der Waals surface area contributed by atoms with Gasteiger partial charge >= 0.3 is 0 Å². The first kappa shape index (κ1) is 21.2. The lowest BCUT2D eigenvalue weighted by molar-refractivity contribution is 0.0935. The first-order valence-corrected chi connectivity index (χ1v) is 10.4. The number of aryl methyl sites for hydroxylation is 1. The van der Waals surface area contributed by atoms with Crippen molar-refractivity contribution < 1.29 is 0 Å². The Labute approximate surface area is 162 Å². The van der Waals surface area contributed by atoms with Gasteiger partial charge in [0.15, 0.2) is 0 Å². The van der Waals surface area contributed by atoms with Crippen LogP contribution in [0.4, 0.5) is 0 Å². The van der Waals surface area contributed by atoms with Crippen LogP contribution in [0, 0.1) is 12.8 Å². The molecule has 2 heteroatoms. The average Bonchev–Trinajstić information content (AvgIpc) is 2.54. The fraction of sp³-hybridized carbons (Fsp3) is 0.667. The Kier molecular flexibility index (Phi) is 7.49. The van der Waals surface area contributed by atoms with Crippen molar-refractivity contribution in [3.63, 3.8) is 0 Å². The Balaban J connectivity index is 2.08. The zero-order chi connectivity index (χ0) is 19.3. The van der Waals surface area contributed by atoms with E-state index in [1.54, 1.807) is 0 Å². The largest absolute Gasteiger partial charge is 0.301 e. The van der Waals surface area contributed by atoms with E-state index in [9.17, 15) is 0 Å². The molecule has 2 nitrogen and oxygen atoms in total. The fourth-order valence-corrected chi connectivity index (χ4v) is 4.12. The molecule has 1 atom stereocenters. The molecule has 0 aromatic heterocycles. The molecular formula is C24H40N2. The monoisotopic (exact) mass is 356 g/mol. The van der Waals surface area contributed by atoms with E-state index in [-0.39, 0.29) is 5.41 Å². The molecule has 1 heterocycles. The van der Waals surface area contributed by atoms with E-state index in [0.717, 1.165) is 5.92 Å². The van der Waals surface area contributed by atoms with Gasteiger partial charge in [-0.15, -0.1) is 0 Å². The van der Waals surface area contributed by atoms with Crippen LogP contribution in [0.3, 0.4) is 0 Å². The molecule has 1 aromatic carbocycles. The van der Waals surface area contributed by atoms with Crippen molar-refractivity contribution in [1.29, 1.82) is 0 Å². The van der Waals surface area contributed by atoms with Gasteiger partial charge in [0.05, 0.1) is 0 Å². The van der Waals surface area contributed by atoms with Crippen LogP contribution in [0.15, 0.2) is 35.9 Å². The molecule has 0 bridgehead atoms. The van der Waals surface area contributed by atoms with E-state index in [0.29, 0.717) is 6.04 Å². The summed E-state index contributed by atoms with van der Waals surface area (Å²) >= 11 is 0. The molecule has 1 aliphatic rings. The summed E-state index contributed by atoms with van der Waals surface area (Å²) in [5.41, 5.74) is 4.40. The molecule has 0 amide bonds. The Morgan fingerprint density at radius 1 is 1.04 bits per heavy atom. The summed E-state index contributed by atoms with van der Waals surface area (Å²) in [7, 11) is 0. The molecule has 1 aromatic rings. The Hall–Kier alpha value is -1.12. The van der Waals surface area contributed by atoms with E-state index < -0.39 is 0 Å². The quantitative estimate of drug-likeness (QED) is 0.614. The van der Waals surface area contributed by atoms with Crippen LogP contribution in [0.5, 0.6) is 0 Å². The average molecular weight is 357 g/mol. The summed E-state index contributed by atoms with van der Waals surface area (Å²) in [5.74, 6) is 0.760. The van der Waals surface area contributed by atoms with Gasteiger partial charge in [-0.05, 0) is 44.1 Å². The summed E-state index contributed by atoms with van der Waals surface area (Å²) in [6.45, 7) is 22.1. The third-order valence-corrected chi connectivity index (χ3v) is 5.58. The maximum atomic E-state index is 2.71. The second-order valence-corrected chi connectivity index (χ2v) is 9.50. The topological polar surface area (TPSA) is 6.48 Å². The van der Waals surface area contributed by atoms with Gasteiger partial charge in [-0.3, -0.25) is 4.90 Å². The summed E-state index contributed by atoms with van der Waals surface area (Å²) in [5, 5.41) is 0. The third kappa shape index (κ3) is 6.25. The number of hydrogen-bond donors (Lipinski definition) is 0. The molecule has 26 heavy (non-hydrogen) atoms. The van der Waals surface area contributed by atoms with Crippen molar-refractivity contribution >= 4 is 0 Å². The predicted octanol–water partition coefficient (Wildman–Crippen LogP) is 5.27. The number of hydrogen-bond acceptors (Lipinski definition) is 2. The van der Waals surface area contributed by atoms with Gasteiger partial charge in [-0.25, -0.2) is 0 Å². The van der Waals surface area contributed by atoms with Crippen molar-refractivity contribution in [1.82, 2.24) is 9.80 Å². The van der Waals surface area contributed by atoms with E-state index in [1.807, 2.05) is 0 Å². The van der Waals surface area contributed by atoms with Gasteiger partial charge in [0.25, 0.3) is 0 Å². The van der Waals surface area contributed by atoms with Crippen LogP contribution >= 0.6 is 0 Å². The highest BCUT2D eigenvalue weighted by molar-refractivity contribution is 5.28. The third-order valence-electron chi connectivity index (χ3n) is 5.58. The summed E-state index contributed by atoms with van der Waals surface area (Å²) in [6.07, 6.45) is 3.67. The second kappa shape index (κ2) is 9.19. The first-order chi connectivity index (χ1) is 12.2. The number of nitrogens with zero attached hydrogens (tertiary/aromatic N) is 2. The number of benzene rings is 1. The summed E-state index contributed by atoms with van der Waals surface area (Å²) in [4.78, 5) is 5.34. The van der Waals surface area contributed by atoms with E-state index in [2.05, 4.69) is 88.6 Å². The van der Waals surface area contributed by atoms with Crippen LogP contribution in [-0.2, 0) is 5.41 Å². The van der Waals surface area contributed by atoms with Crippen molar-refractivity contribution in [2.45, 2.75) is 66.3 Å². The normalized spacial score (nSPS) is 18.2. The standard InChI is InChI=1S/C24H40N2/c1-19(2)16-23(26-14-12-25(13-15-26)18-20(3)4)17-24(6,7)22-10-8-21(5)9-11-22/h8-11,16,20,23H,12-15,17-18H2,1-7H3. The minimum absolute atomic E-state index is 0.180. The molecular weight excluding hydrogens is 316 g/mol. The van der Waals surface area contributed by atoms with Gasteiger partial charge < -0.3 is 4.90 Å². The highest BCUT2D eigenvalue weighted by Crippen LogP contribution is 2.31. The molecule has 1 fully saturated rings. The lowest BCUT2D eigenvalue weighted by atomic mass is 9.78. The predicted molar refractivity (Wildman–Crippen MR) is 115 cm³/mol. The van der Waals surface area contributed by atoms with Crippen molar-refractivity contribution in [3.05, 3.63) is 47.0 Å². The van der Waals surface area contributed by atoms with Crippen molar-refractivity contribution in [2.24, 2.45) is 5.92 Å². The number of allylic oxidation sites excluding steroid dienone is 1. The summed E-state index contributed by atoms with van der Waals surface area (Å²) < 4.78 is 0. The van der Waals surface area contributed by atoms with E-state index in [1.165, 1.54) is 55.8 Å². The highest BCUT2D eigenvalue weighted by atomic mass is 15.3. The highest BCUT2D eigenvalue weighted by Gasteiger charge is 2.29. The minimum Gasteiger partial charge on any atom is -0.301 e. The van der Waals surface area contributed by atoms with Crippen molar-refractivity contribution in [3.8, 4) is 0 Å². The fourth-order valence-electron chi connectivity index (χ4n) is 4.12. The molecule has 1 saturated heterocycles. The van der Waals surface area contributed by atoms with E-state index in [4.69, 9.17) is 0 Å². The number of rotatable bonds is 7. The second-order valence-electron chi connectivity index (χ2n) is 9.50. The minimum atomic E-state index is 0.180. The lowest BCUT2D eigenvalue weighted by Gasteiger charge is -2.41. The zero-order valence-corrected chi connectivity index (χ0v) is 18.2. The van der Waals surface area contributed by atoms with Gasteiger partial charge in [-0.1, -0.05) is 69.2 Å². The molecule has 1 aliphatic heterocycles. The van der Waals surface area contributed by atoms with Gasteiger partial charge in [-0.2, -0.15) is 0 Å². The molecule has 1 unspecified atom stereocenters. The molecule has 0 N–H and O–H groups in total. The van der Waals surface area contributed by atoms with E-state index >= 15 is 0 Å². The molecule has 0 aliphatic carbocycles. The van der Waals surface area contributed by atoms with Crippen molar-refractivity contribution in [2.75, 3.05) is 32.7 Å². The Morgan fingerprint density at radius 2 is 1.62 bits per heavy atom. The van der Waals surface area contributed by atoms with Crippen LogP contribution in [0.25, 0.3) is 0 Å². The first-order valence-electron chi connectivity index (χ1n) is 10.4. The maximum absolute atomic E-state index is 2.71. The molecule has 0 saturated carbocycles. The number of piperazine rings is 1. The van der Waals surface area contributed by atoms with Gasteiger partial charge in [0.2, 0.25) is 0 Å². The van der Waals surface area contributed by atoms with Crippen LogP contribution in [-0.4, -0.2) is 48.6 Å². The van der Waals surface area contributed by atoms with Gasteiger partial charge in [0.1, 0.15) is 0 Å². The van der Waals surface area contributed by atoms with Crippen LogP contribution in [0.1, 0.15) is 59.1 Å². The summed E-state index contributed by atoms with van der Waals surface area (Å²) in [6, 6.07) is 9.65. The SMILES string of the molecule is CC(C)=CC(CC(C)(C)c1ccc(C)cc1)N1CCN(CC(C)C)CC1. The molecule has 146 valence electrons. The lowest BCUT2D eigenvalue weighted by Crippen LogP contribution is -2.51. The zero-order valence-electron chi connectivity index (χ0n) is 18.2. The maximum Gasteiger partial charge on any atom is 0.0289 e. The smallest absolute Gasteiger partial charge is 0.0289 e. The Bertz CT molecular complexity index is 571. The molecule has 2 rings (SSSR count). The Morgan fingerprint density at radius 3 is 2.12 bits per heavy atom. The van der Waals surface area contributed by atoms with Crippen LogP contribution < -0.4 is 0 Å².